The Hall–Kier alpha value is -1.61. The molecule has 0 radical (unpaired) electrons. The SMILES string of the molecule is CNC/C(=C/c1c[nH]c2ncccc12)C1CCCCC1. The molecule has 1 aliphatic rings. The Labute approximate surface area is 120 Å². The number of aromatic amines is 1. The molecule has 3 nitrogen and oxygen atoms in total. The standard InChI is InChI=1S/C17H23N3/c1-18-11-14(13-6-3-2-4-7-13)10-15-12-20-17-16(15)8-5-9-19-17/h5,8-10,12-13,18H,2-4,6-7,11H2,1H3,(H,19,20)/b14-10-. The fraction of sp³-hybridized carbons (Fsp3) is 0.471. The maximum atomic E-state index is 4.37. The van der Waals surface area contributed by atoms with E-state index in [4.69, 9.17) is 0 Å². The third kappa shape index (κ3) is 2.78. The van der Waals surface area contributed by atoms with Crippen LogP contribution in [0, 0.1) is 5.92 Å². The van der Waals surface area contributed by atoms with E-state index in [1.165, 1.54) is 48.6 Å². The van der Waals surface area contributed by atoms with Gasteiger partial charge in [-0.05, 0) is 37.9 Å². The lowest BCUT2D eigenvalue weighted by atomic mass is 9.83. The Balaban J connectivity index is 1.93. The van der Waals surface area contributed by atoms with Gasteiger partial charge in [-0.3, -0.25) is 0 Å². The average molecular weight is 269 g/mol. The molecule has 0 aliphatic heterocycles. The number of H-pyrrole nitrogens is 1. The van der Waals surface area contributed by atoms with Crippen molar-refractivity contribution >= 4 is 17.1 Å². The van der Waals surface area contributed by atoms with E-state index in [0.29, 0.717) is 0 Å². The summed E-state index contributed by atoms with van der Waals surface area (Å²) in [6.45, 7) is 0.984. The van der Waals surface area contributed by atoms with Crippen LogP contribution in [0.2, 0.25) is 0 Å². The van der Waals surface area contributed by atoms with Crippen LogP contribution in [0.3, 0.4) is 0 Å². The summed E-state index contributed by atoms with van der Waals surface area (Å²) in [5.41, 5.74) is 3.78. The number of fused-ring (bicyclic) bond motifs is 1. The van der Waals surface area contributed by atoms with Crippen molar-refractivity contribution in [2.24, 2.45) is 5.92 Å². The van der Waals surface area contributed by atoms with E-state index in [2.05, 4.69) is 33.6 Å². The van der Waals surface area contributed by atoms with Crippen LogP contribution >= 0.6 is 0 Å². The molecule has 0 amide bonds. The Morgan fingerprint density at radius 3 is 3.05 bits per heavy atom. The van der Waals surface area contributed by atoms with Gasteiger partial charge in [0.1, 0.15) is 5.65 Å². The molecule has 1 fully saturated rings. The first kappa shape index (κ1) is 13.4. The zero-order valence-corrected chi connectivity index (χ0v) is 12.2. The minimum Gasteiger partial charge on any atom is -0.346 e. The van der Waals surface area contributed by atoms with Crippen molar-refractivity contribution in [2.45, 2.75) is 32.1 Å². The Kier molecular flexibility index (Phi) is 4.16. The highest BCUT2D eigenvalue weighted by Crippen LogP contribution is 2.31. The van der Waals surface area contributed by atoms with Crippen LogP contribution in [0.4, 0.5) is 0 Å². The van der Waals surface area contributed by atoms with Crippen molar-refractivity contribution in [3.63, 3.8) is 0 Å². The van der Waals surface area contributed by atoms with E-state index in [9.17, 15) is 0 Å². The lowest BCUT2D eigenvalue weighted by molar-refractivity contribution is 0.398. The molecule has 20 heavy (non-hydrogen) atoms. The maximum absolute atomic E-state index is 4.37. The molecular formula is C17H23N3. The van der Waals surface area contributed by atoms with Crippen LogP contribution in [0.1, 0.15) is 37.7 Å². The topological polar surface area (TPSA) is 40.7 Å². The van der Waals surface area contributed by atoms with Crippen molar-refractivity contribution in [2.75, 3.05) is 13.6 Å². The molecule has 0 atom stereocenters. The summed E-state index contributed by atoms with van der Waals surface area (Å²) >= 11 is 0. The maximum Gasteiger partial charge on any atom is 0.137 e. The summed E-state index contributed by atoms with van der Waals surface area (Å²) in [6.07, 6.45) is 13.1. The van der Waals surface area contributed by atoms with Crippen LogP contribution in [0.15, 0.2) is 30.1 Å². The number of hydrogen-bond donors (Lipinski definition) is 2. The summed E-state index contributed by atoms with van der Waals surface area (Å²) in [7, 11) is 2.04. The quantitative estimate of drug-likeness (QED) is 0.887. The highest BCUT2D eigenvalue weighted by Gasteiger charge is 2.17. The van der Waals surface area contributed by atoms with E-state index in [0.717, 1.165) is 18.1 Å². The van der Waals surface area contributed by atoms with Gasteiger partial charge in [-0.2, -0.15) is 0 Å². The number of hydrogen-bond acceptors (Lipinski definition) is 2. The number of aromatic nitrogens is 2. The number of nitrogens with zero attached hydrogens (tertiary/aromatic N) is 1. The highest BCUT2D eigenvalue weighted by atomic mass is 14.8. The molecule has 3 rings (SSSR count). The zero-order chi connectivity index (χ0) is 13.8. The second kappa shape index (κ2) is 6.23. The fourth-order valence-electron chi connectivity index (χ4n) is 3.29. The molecule has 1 aliphatic carbocycles. The van der Waals surface area contributed by atoms with Crippen molar-refractivity contribution in [1.29, 1.82) is 0 Å². The molecular weight excluding hydrogens is 246 g/mol. The molecule has 106 valence electrons. The molecule has 2 aromatic heterocycles. The minimum atomic E-state index is 0.748. The highest BCUT2D eigenvalue weighted by molar-refractivity contribution is 5.86. The van der Waals surface area contributed by atoms with Crippen molar-refractivity contribution in [3.05, 3.63) is 35.7 Å². The molecule has 0 spiro atoms. The Bertz CT molecular complexity index is 591. The molecule has 0 bridgehead atoms. The van der Waals surface area contributed by atoms with Gasteiger partial charge in [0.2, 0.25) is 0 Å². The minimum absolute atomic E-state index is 0.748. The Morgan fingerprint density at radius 1 is 1.40 bits per heavy atom. The lowest BCUT2D eigenvalue weighted by Crippen LogP contribution is -2.19. The van der Waals surface area contributed by atoms with Gasteiger partial charge < -0.3 is 10.3 Å². The summed E-state index contributed by atoms with van der Waals surface area (Å²) in [4.78, 5) is 7.63. The van der Waals surface area contributed by atoms with Crippen LogP contribution in [0.25, 0.3) is 17.1 Å². The van der Waals surface area contributed by atoms with Gasteiger partial charge in [0.05, 0.1) is 0 Å². The first-order valence-corrected chi connectivity index (χ1v) is 7.65. The summed E-state index contributed by atoms with van der Waals surface area (Å²) in [5.74, 6) is 0.748. The van der Waals surface area contributed by atoms with Crippen molar-refractivity contribution < 1.29 is 0 Å². The van der Waals surface area contributed by atoms with Crippen molar-refractivity contribution in [3.8, 4) is 0 Å². The van der Waals surface area contributed by atoms with Gasteiger partial charge in [-0.25, -0.2) is 4.98 Å². The third-order valence-electron chi connectivity index (χ3n) is 4.33. The second-order valence-corrected chi connectivity index (χ2v) is 5.73. The molecule has 2 aromatic rings. The summed E-state index contributed by atoms with van der Waals surface area (Å²) < 4.78 is 0. The van der Waals surface area contributed by atoms with Gasteiger partial charge >= 0.3 is 0 Å². The zero-order valence-electron chi connectivity index (χ0n) is 12.2. The average Bonchev–Trinajstić information content (AvgIpc) is 2.91. The van der Waals surface area contributed by atoms with E-state index in [1.807, 2.05) is 19.3 Å². The van der Waals surface area contributed by atoms with Gasteiger partial charge in [-0.15, -0.1) is 0 Å². The summed E-state index contributed by atoms with van der Waals surface area (Å²) in [6, 6.07) is 4.15. The van der Waals surface area contributed by atoms with Gasteiger partial charge in [0.15, 0.2) is 0 Å². The number of nitrogens with one attached hydrogen (secondary N) is 2. The summed E-state index contributed by atoms with van der Waals surface area (Å²) in [5, 5.41) is 4.55. The van der Waals surface area contributed by atoms with E-state index in [1.54, 1.807) is 0 Å². The lowest BCUT2D eigenvalue weighted by Gasteiger charge is -2.24. The van der Waals surface area contributed by atoms with E-state index in [-0.39, 0.29) is 0 Å². The van der Waals surface area contributed by atoms with Crippen LogP contribution < -0.4 is 5.32 Å². The van der Waals surface area contributed by atoms with Crippen LogP contribution in [-0.2, 0) is 0 Å². The van der Waals surface area contributed by atoms with Gasteiger partial charge in [0.25, 0.3) is 0 Å². The first-order chi connectivity index (χ1) is 9.88. The van der Waals surface area contributed by atoms with E-state index < -0.39 is 0 Å². The van der Waals surface area contributed by atoms with Crippen LogP contribution in [0.5, 0.6) is 0 Å². The monoisotopic (exact) mass is 269 g/mol. The van der Waals surface area contributed by atoms with E-state index >= 15 is 0 Å². The molecule has 2 N–H and O–H groups in total. The molecule has 1 saturated carbocycles. The number of rotatable bonds is 4. The van der Waals surface area contributed by atoms with Crippen molar-refractivity contribution in [1.82, 2.24) is 15.3 Å². The normalized spacial score (nSPS) is 17.8. The number of pyridine rings is 1. The van der Waals surface area contributed by atoms with Gasteiger partial charge in [0, 0.05) is 29.9 Å². The number of likely N-dealkylation sites (N-methyl/N-ethyl adjacent to an activating group) is 1. The molecule has 2 heterocycles. The fourth-order valence-corrected chi connectivity index (χ4v) is 3.29. The molecule has 3 heteroatoms. The first-order valence-electron chi connectivity index (χ1n) is 7.65. The largest absolute Gasteiger partial charge is 0.346 e. The Morgan fingerprint density at radius 2 is 2.25 bits per heavy atom. The van der Waals surface area contributed by atoms with Crippen LogP contribution in [-0.4, -0.2) is 23.6 Å². The predicted molar refractivity (Wildman–Crippen MR) is 84.6 cm³/mol. The second-order valence-electron chi connectivity index (χ2n) is 5.73. The van der Waals surface area contributed by atoms with Gasteiger partial charge in [-0.1, -0.05) is 30.9 Å². The molecule has 0 unspecified atom stereocenters. The molecule has 0 saturated heterocycles. The molecule has 0 aromatic carbocycles. The third-order valence-corrected chi connectivity index (χ3v) is 4.33. The smallest absolute Gasteiger partial charge is 0.137 e. The predicted octanol–water partition coefficient (Wildman–Crippen LogP) is 3.75.